The first-order valence-corrected chi connectivity index (χ1v) is 9.54. The normalized spacial score (nSPS) is 16.7. The number of pyridine rings is 1. The van der Waals surface area contributed by atoms with Crippen molar-refractivity contribution in [1.82, 2.24) is 4.98 Å². The van der Waals surface area contributed by atoms with Crippen molar-refractivity contribution >= 4 is 5.69 Å². The van der Waals surface area contributed by atoms with Gasteiger partial charge >= 0.3 is 0 Å². The molecule has 1 aliphatic rings. The Balaban J connectivity index is 2.22. The van der Waals surface area contributed by atoms with E-state index in [9.17, 15) is 13.2 Å². The molecule has 0 N–H and O–H groups in total. The molecular weight excluding hydrogens is 349 g/mol. The third kappa shape index (κ3) is 3.69. The molecule has 2 nitrogen and oxygen atoms in total. The summed E-state index contributed by atoms with van der Waals surface area (Å²) in [5.74, 6) is -3.78. The van der Waals surface area contributed by atoms with E-state index in [1.165, 1.54) is 0 Å². The largest absolute Gasteiger partial charge is 0.371 e. The Morgan fingerprint density at radius 2 is 1.56 bits per heavy atom. The standard InChI is InChI=1S/C22H27F3N2/c1-6-16-13(2)26-14(3)19(15-11-17(23)20(25)18(24)12-15)21(16)27-9-7-22(4,5)8-10-27/h11-12H,6-10H2,1-5H3. The number of hydrogen-bond donors (Lipinski definition) is 0. The maximum absolute atomic E-state index is 13.9. The zero-order valence-corrected chi connectivity index (χ0v) is 16.7. The van der Waals surface area contributed by atoms with Crippen molar-refractivity contribution in [2.75, 3.05) is 18.0 Å². The Morgan fingerprint density at radius 3 is 2.07 bits per heavy atom. The molecule has 27 heavy (non-hydrogen) atoms. The van der Waals surface area contributed by atoms with E-state index in [1.54, 1.807) is 0 Å². The third-order valence-corrected chi connectivity index (χ3v) is 5.72. The summed E-state index contributed by atoms with van der Waals surface area (Å²) in [7, 11) is 0. The van der Waals surface area contributed by atoms with Crippen LogP contribution < -0.4 is 4.90 Å². The Labute approximate surface area is 159 Å². The fourth-order valence-corrected chi connectivity index (χ4v) is 4.02. The monoisotopic (exact) mass is 376 g/mol. The summed E-state index contributed by atoms with van der Waals surface area (Å²) in [5, 5.41) is 0. The zero-order valence-electron chi connectivity index (χ0n) is 16.7. The van der Waals surface area contributed by atoms with E-state index in [-0.39, 0.29) is 5.41 Å². The van der Waals surface area contributed by atoms with Gasteiger partial charge in [0.05, 0.1) is 5.69 Å². The summed E-state index contributed by atoms with van der Waals surface area (Å²) in [4.78, 5) is 6.93. The quantitative estimate of drug-likeness (QED) is 0.613. The predicted molar refractivity (Wildman–Crippen MR) is 104 cm³/mol. The summed E-state index contributed by atoms with van der Waals surface area (Å²) < 4.78 is 41.4. The molecule has 1 fully saturated rings. The molecule has 1 aromatic carbocycles. The molecule has 146 valence electrons. The molecule has 0 spiro atoms. The second kappa shape index (κ2) is 7.17. The number of nitrogens with zero attached hydrogens (tertiary/aromatic N) is 2. The molecule has 3 rings (SSSR count). The first-order valence-electron chi connectivity index (χ1n) is 9.54. The van der Waals surface area contributed by atoms with Crippen molar-refractivity contribution in [2.24, 2.45) is 5.41 Å². The Morgan fingerprint density at radius 1 is 1.00 bits per heavy atom. The first-order chi connectivity index (χ1) is 12.6. The van der Waals surface area contributed by atoms with Gasteiger partial charge in [-0.1, -0.05) is 20.8 Å². The van der Waals surface area contributed by atoms with Crippen molar-refractivity contribution in [2.45, 2.75) is 53.9 Å². The van der Waals surface area contributed by atoms with Crippen molar-refractivity contribution in [3.8, 4) is 11.1 Å². The number of hydrogen-bond acceptors (Lipinski definition) is 2. The van der Waals surface area contributed by atoms with E-state index in [4.69, 9.17) is 0 Å². The molecule has 2 heterocycles. The van der Waals surface area contributed by atoms with Gasteiger partial charge in [0.15, 0.2) is 17.5 Å². The van der Waals surface area contributed by atoms with Crippen LogP contribution in [-0.2, 0) is 6.42 Å². The molecule has 0 saturated carbocycles. The number of halogens is 3. The van der Waals surface area contributed by atoms with Gasteiger partial charge in [-0.05, 0) is 61.8 Å². The maximum atomic E-state index is 13.9. The lowest BCUT2D eigenvalue weighted by Crippen LogP contribution is -2.38. The second-order valence-electron chi connectivity index (χ2n) is 8.24. The predicted octanol–water partition coefficient (Wildman–Crippen LogP) is 5.97. The van der Waals surface area contributed by atoms with E-state index < -0.39 is 17.5 Å². The topological polar surface area (TPSA) is 16.1 Å². The van der Waals surface area contributed by atoms with Crippen molar-refractivity contribution in [3.63, 3.8) is 0 Å². The van der Waals surface area contributed by atoms with Gasteiger partial charge in [0.25, 0.3) is 0 Å². The molecule has 0 amide bonds. The molecular formula is C22H27F3N2. The highest BCUT2D eigenvalue weighted by atomic mass is 19.2. The van der Waals surface area contributed by atoms with Gasteiger partial charge in [0, 0.05) is 30.0 Å². The molecule has 0 radical (unpaired) electrons. The van der Waals surface area contributed by atoms with E-state index in [0.717, 1.165) is 61.4 Å². The number of anilines is 1. The molecule has 1 aliphatic heterocycles. The van der Waals surface area contributed by atoms with Gasteiger partial charge < -0.3 is 4.90 Å². The smallest absolute Gasteiger partial charge is 0.194 e. The molecule has 1 aromatic heterocycles. The molecule has 1 saturated heterocycles. The minimum absolute atomic E-state index is 0.286. The summed E-state index contributed by atoms with van der Waals surface area (Å²) in [6.45, 7) is 12.2. The zero-order chi connectivity index (χ0) is 19.9. The van der Waals surface area contributed by atoms with Crippen molar-refractivity contribution in [1.29, 1.82) is 0 Å². The molecule has 0 atom stereocenters. The van der Waals surface area contributed by atoms with Gasteiger partial charge in [-0.15, -0.1) is 0 Å². The fraction of sp³-hybridized carbons (Fsp3) is 0.500. The van der Waals surface area contributed by atoms with Crippen LogP contribution in [0.3, 0.4) is 0 Å². The highest BCUT2D eigenvalue weighted by Gasteiger charge is 2.29. The van der Waals surface area contributed by atoms with Gasteiger partial charge in [-0.2, -0.15) is 0 Å². The number of rotatable bonds is 3. The van der Waals surface area contributed by atoms with Crippen LogP contribution >= 0.6 is 0 Å². The lowest BCUT2D eigenvalue weighted by molar-refractivity contribution is 0.279. The summed E-state index contributed by atoms with van der Waals surface area (Å²) in [6.07, 6.45) is 2.86. The minimum Gasteiger partial charge on any atom is -0.371 e. The van der Waals surface area contributed by atoms with Gasteiger partial charge in [-0.3, -0.25) is 4.98 Å². The lowest BCUT2D eigenvalue weighted by Gasteiger charge is -2.40. The molecule has 0 bridgehead atoms. The van der Waals surface area contributed by atoms with Crippen LogP contribution in [0.4, 0.5) is 18.9 Å². The number of benzene rings is 1. The van der Waals surface area contributed by atoms with Crippen LogP contribution in [0.1, 0.15) is 50.6 Å². The SMILES string of the molecule is CCc1c(C)nc(C)c(-c2cc(F)c(F)c(F)c2)c1N1CCC(C)(C)CC1. The third-order valence-electron chi connectivity index (χ3n) is 5.72. The average molecular weight is 376 g/mol. The summed E-state index contributed by atoms with van der Waals surface area (Å²) >= 11 is 0. The van der Waals surface area contributed by atoms with Crippen molar-refractivity contribution in [3.05, 3.63) is 46.5 Å². The second-order valence-corrected chi connectivity index (χ2v) is 8.24. The van der Waals surface area contributed by atoms with Crippen LogP contribution in [0.25, 0.3) is 11.1 Å². The summed E-state index contributed by atoms with van der Waals surface area (Å²) in [5.41, 5.74) is 5.04. The van der Waals surface area contributed by atoms with E-state index in [2.05, 4.69) is 30.7 Å². The molecule has 5 heteroatoms. The summed E-state index contributed by atoms with van der Waals surface area (Å²) in [6, 6.07) is 2.16. The van der Waals surface area contributed by atoms with Gasteiger partial charge in [0.1, 0.15) is 0 Å². The van der Waals surface area contributed by atoms with Crippen LogP contribution in [0.5, 0.6) is 0 Å². The molecule has 2 aromatic rings. The molecule has 0 aliphatic carbocycles. The van der Waals surface area contributed by atoms with Gasteiger partial charge in [-0.25, -0.2) is 13.2 Å². The fourth-order valence-electron chi connectivity index (χ4n) is 4.02. The number of piperidine rings is 1. The molecule has 0 unspecified atom stereocenters. The Hall–Kier alpha value is -2.04. The average Bonchev–Trinajstić information content (AvgIpc) is 2.59. The minimum atomic E-state index is -1.44. The van der Waals surface area contributed by atoms with E-state index in [0.29, 0.717) is 16.8 Å². The Bertz CT molecular complexity index is 841. The van der Waals surface area contributed by atoms with E-state index in [1.807, 2.05) is 13.8 Å². The van der Waals surface area contributed by atoms with Crippen LogP contribution in [0.2, 0.25) is 0 Å². The highest BCUT2D eigenvalue weighted by molar-refractivity contribution is 5.83. The van der Waals surface area contributed by atoms with Crippen LogP contribution in [0.15, 0.2) is 12.1 Å². The number of aromatic nitrogens is 1. The van der Waals surface area contributed by atoms with Crippen LogP contribution in [-0.4, -0.2) is 18.1 Å². The highest BCUT2D eigenvalue weighted by Crippen LogP contribution is 2.41. The number of aryl methyl sites for hydroxylation is 2. The first kappa shape index (κ1) is 19.7. The Kier molecular flexibility index (Phi) is 5.24. The van der Waals surface area contributed by atoms with Crippen LogP contribution in [0, 0.1) is 36.7 Å². The maximum Gasteiger partial charge on any atom is 0.194 e. The van der Waals surface area contributed by atoms with Gasteiger partial charge in [0.2, 0.25) is 0 Å². The van der Waals surface area contributed by atoms with Crippen molar-refractivity contribution < 1.29 is 13.2 Å². The lowest BCUT2D eigenvalue weighted by atomic mass is 9.82. The van der Waals surface area contributed by atoms with E-state index >= 15 is 0 Å².